The molecule has 5 heterocycles. The van der Waals surface area contributed by atoms with Gasteiger partial charge in [-0.2, -0.15) is 0 Å². The van der Waals surface area contributed by atoms with Gasteiger partial charge in [-0.05, 0) is 75.2 Å². The smallest absolute Gasteiger partial charge is 0.271 e. The highest BCUT2D eigenvalue weighted by molar-refractivity contribution is 6.01. The minimum Gasteiger partial charge on any atom is -0.380 e. The maximum absolute atomic E-state index is 14.6. The highest BCUT2D eigenvalue weighted by Gasteiger charge is 2.50. The highest BCUT2D eigenvalue weighted by atomic mass is 19.1. The van der Waals surface area contributed by atoms with Crippen molar-refractivity contribution in [1.82, 2.24) is 24.8 Å². The number of primary amides is 1. The molecule has 0 bridgehead atoms. The molecule has 5 N–H and O–H groups in total. The Morgan fingerprint density at radius 2 is 1.72 bits per heavy atom. The molecule has 1 aliphatic carbocycles. The van der Waals surface area contributed by atoms with E-state index in [9.17, 15) is 9.18 Å². The molecule has 11 nitrogen and oxygen atoms in total. The number of hydrogen-bond acceptors (Lipinski definition) is 9. The third-order valence-corrected chi connectivity index (χ3v) is 10.6. The van der Waals surface area contributed by atoms with Gasteiger partial charge in [0.05, 0.1) is 18.7 Å². The zero-order chi connectivity index (χ0) is 32.1. The summed E-state index contributed by atoms with van der Waals surface area (Å²) >= 11 is 0. The van der Waals surface area contributed by atoms with Gasteiger partial charge in [-0.25, -0.2) is 14.4 Å². The number of anilines is 4. The van der Waals surface area contributed by atoms with Crippen molar-refractivity contribution in [3.8, 4) is 11.3 Å². The van der Waals surface area contributed by atoms with Crippen molar-refractivity contribution in [2.24, 2.45) is 11.1 Å². The monoisotopic (exact) mass is 639 g/mol. The number of hydrogen-bond donors (Lipinski definition) is 4. The van der Waals surface area contributed by atoms with Gasteiger partial charge in [-0.3, -0.25) is 9.69 Å². The zero-order valence-corrected chi connectivity index (χ0v) is 26.8. The number of fused-ring (bicyclic) bond motifs is 1. The normalized spacial score (nSPS) is 20.7. The molecule has 2 aromatic carbocycles. The molecule has 1 amide bonds. The predicted octanol–water partition coefficient (Wildman–Crippen LogP) is 4.41. The van der Waals surface area contributed by atoms with Gasteiger partial charge in [0.1, 0.15) is 11.5 Å². The Morgan fingerprint density at radius 1 is 0.979 bits per heavy atom. The third kappa shape index (κ3) is 5.79. The average molecular weight is 640 g/mol. The van der Waals surface area contributed by atoms with Crippen molar-refractivity contribution in [3.63, 3.8) is 0 Å². The number of rotatable bonds is 8. The van der Waals surface area contributed by atoms with Crippen LogP contribution in [-0.4, -0.2) is 102 Å². The summed E-state index contributed by atoms with van der Waals surface area (Å²) in [5, 5.41) is 7.54. The number of nitrogens with zero attached hydrogens (tertiary/aromatic N) is 5. The van der Waals surface area contributed by atoms with Gasteiger partial charge in [0.2, 0.25) is 0 Å². The number of ether oxygens (including phenoxy) is 1. The van der Waals surface area contributed by atoms with Crippen LogP contribution in [0.4, 0.5) is 27.4 Å². The summed E-state index contributed by atoms with van der Waals surface area (Å²) in [7, 11) is 2.20. The quantitative estimate of drug-likeness (QED) is 0.222. The fraction of sp³-hybridized carbons (Fsp3) is 0.457. The Hall–Kier alpha value is -4.26. The van der Waals surface area contributed by atoms with E-state index in [0.717, 1.165) is 71.0 Å². The molecule has 2 aromatic heterocycles. The van der Waals surface area contributed by atoms with E-state index in [2.05, 4.69) is 49.5 Å². The minimum absolute atomic E-state index is 0.0195. The molecule has 4 fully saturated rings. The Bertz CT molecular complexity index is 1770. The Balaban J connectivity index is 1.04. The molecule has 1 saturated carbocycles. The number of carbonyl (C=O) groups is 1. The zero-order valence-electron chi connectivity index (χ0n) is 26.8. The fourth-order valence-electron chi connectivity index (χ4n) is 7.79. The number of likely N-dealkylation sites (N-methyl/N-ethyl adjacent to an activating group) is 1. The van der Waals surface area contributed by atoms with Gasteiger partial charge in [0.15, 0.2) is 17.3 Å². The number of piperidine rings is 1. The summed E-state index contributed by atoms with van der Waals surface area (Å²) in [6.45, 7) is 8.24. The Morgan fingerprint density at radius 3 is 2.40 bits per heavy atom. The van der Waals surface area contributed by atoms with Gasteiger partial charge in [-0.1, -0.05) is 0 Å². The van der Waals surface area contributed by atoms with E-state index in [1.807, 2.05) is 12.1 Å². The van der Waals surface area contributed by atoms with E-state index in [1.54, 1.807) is 18.3 Å². The fourth-order valence-corrected chi connectivity index (χ4v) is 7.79. The maximum Gasteiger partial charge on any atom is 0.271 e. The van der Waals surface area contributed by atoms with Crippen LogP contribution in [0.5, 0.6) is 0 Å². The van der Waals surface area contributed by atoms with Crippen LogP contribution in [0, 0.1) is 11.2 Å². The van der Waals surface area contributed by atoms with E-state index in [4.69, 9.17) is 20.4 Å². The molecule has 47 heavy (non-hydrogen) atoms. The van der Waals surface area contributed by atoms with E-state index in [0.29, 0.717) is 34.0 Å². The number of nitrogens with two attached hydrogens (primary N) is 1. The first-order valence-electron chi connectivity index (χ1n) is 16.7. The van der Waals surface area contributed by atoms with E-state index in [1.165, 1.54) is 24.6 Å². The number of H-pyrrole nitrogens is 1. The summed E-state index contributed by atoms with van der Waals surface area (Å²) in [4.78, 5) is 33.0. The molecule has 1 spiro atoms. The molecule has 246 valence electrons. The molecule has 3 aliphatic heterocycles. The molecule has 4 aromatic rings. The maximum atomic E-state index is 14.6. The first-order valence-corrected chi connectivity index (χ1v) is 16.7. The van der Waals surface area contributed by atoms with Crippen molar-refractivity contribution in [1.29, 1.82) is 0 Å². The third-order valence-electron chi connectivity index (χ3n) is 10.6. The van der Waals surface area contributed by atoms with Crippen LogP contribution in [0.3, 0.4) is 0 Å². The lowest BCUT2D eigenvalue weighted by molar-refractivity contribution is -0.159. The van der Waals surface area contributed by atoms with Crippen LogP contribution in [0.1, 0.15) is 36.2 Å². The summed E-state index contributed by atoms with van der Waals surface area (Å²) in [6, 6.07) is 13.9. The summed E-state index contributed by atoms with van der Waals surface area (Å²) < 4.78 is 20.1. The van der Waals surface area contributed by atoms with Crippen molar-refractivity contribution in [2.75, 3.05) is 75.1 Å². The van der Waals surface area contributed by atoms with Gasteiger partial charge in [-0.15, -0.1) is 0 Å². The van der Waals surface area contributed by atoms with Crippen LogP contribution in [0.15, 0.2) is 48.7 Å². The first kappa shape index (κ1) is 30.1. The molecule has 0 radical (unpaired) electrons. The summed E-state index contributed by atoms with van der Waals surface area (Å²) in [5.74, 6) is -0.267. The number of halogens is 1. The van der Waals surface area contributed by atoms with E-state index >= 15 is 0 Å². The number of carbonyl (C=O) groups excluding carboxylic acids is 1. The number of aromatic amines is 1. The van der Waals surface area contributed by atoms with Crippen LogP contribution in [0.25, 0.3) is 22.2 Å². The Labute approximate surface area is 273 Å². The number of nitrogens with one attached hydrogen (secondary N) is 3. The molecule has 12 heteroatoms. The van der Waals surface area contributed by atoms with Crippen molar-refractivity contribution >= 4 is 39.8 Å². The number of benzene rings is 2. The number of piperazine rings is 1. The molecule has 8 rings (SSSR count). The van der Waals surface area contributed by atoms with Gasteiger partial charge in [0, 0.05) is 85.3 Å². The van der Waals surface area contributed by atoms with Crippen LogP contribution in [-0.2, 0) is 4.74 Å². The second-order valence-electron chi connectivity index (χ2n) is 13.8. The first-order chi connectivity index (χ1) is 22.8. The Kier molecular flexibility index (Phi) is 7.73. The van der Waals surface area contributed by atoms with Gasteiger partial charge in [0.25, 0.3) is 5.91 Å². The molecule has 4 aliphatic rings. The van der Waals surface area contributed by atoms with E-state index in [-0.39, 0.29) is 28.8 Å². The molecule has 0 unspecified atom stereocenters. The number of aromatic nitrogens is 3. The minimum atomic E-state index is -0.700. The lowest BCUT2D eigenvalue weighted by atomic mass is 9.64. The van der Waals surface area contributed by atoms with Gasteiger partial charge < -0.3 is 35.9 Å². The lowest BCUT2D eigenvalue weighted by Crippen LogP contribution is -2.56. The molecule has 0 atom stereocenters. The van der Waals surface area contributed by atoms with Crippen molar-refractivity contribution < 1.29 is 13.9 Å². The molecule has 3 saturated heterocycles. The summed E-state index contributed by atoms with van der Waals surface area (Å²) in [6.07, 6.45) is 5.95. The van der Waals surface area contributed by atoms with Crippen LogP contribution >= 0.6 is 0 Å². The van der Waals surface area contributed by atoms with Crippen LogP contribution in [0.2, 0.25) is 0 Å². The topological polar surface area (TPSA) is 128 Å². The summed E-state index contributed by atoms with van der Waals surface area (Å²) in [5.41, 5.74) is 9.58. The average Bonchev–Trinajstić information content (AvgIpc) is 3.54. The second-order valence-corrected chi connectivity index (χ2v) is 13.8. The number of amides is 1. The SMILES string of the molecule is CN1CCN(C2CCN(c3ccc(Nc4nc(NC5CC6(COC6)C5)c(-c5ccc(F)c6[nH]ccc56)nc4C(N)=O)cc3)CC2)CC1. The van der Waals surface area contributed by atoms with Crippen molar-refractivity contribution in [2.45, 2.75) is 37.8 Å². The standard InChI is InChI=1S/C35H42FN9O2/c1-43-14-16-45(17-15-43)25-9-12-44(13-10-25)24-4-2-22(3-5-24)39-34-31(32(37)46)41-30(26-6-7-28(36)29-27(26)8-11-38-29)33(42-34)40-23-18-35(19-23)20-47-21-35/h2-8,11,23,25,38H,9-10,12-21H2,1H3,(H2,37,46)(H2,39,40,42). The largest absolute Gasteiger partial charge is 0.380 e. The molecular weight excluding hydrogens is 597 g/mol. The molecular formula is C35H42FN9O2. The highest BCUT2D eigenvalue weighted by Crippen LogP contribution is 2.48. The lowest BCUT2D eigenvalue weighted by Gasteiger charge is -2.53. The second kappa shape index (κ2) is 12.1. The van der Waals surface area contributed by atoms with Crippen molar-refractivity contribution in [3.05, 3.63) is 60.2 Å². The van der Waals surface area contributed by atoms with Gasteiger partial charge >= 0.3 is 0 Å². The van der Waals surface area contributed by atoms with E-state index < -0.39 is 5.91 Å². The predicted molar refractivity (Wildman–Crippen MR) is 182 cm³/mol. The van der Waals surface area contributed by atoms with Crippen LogP contribution < -0.4 is 21.3 Å².